The molecule has 1 fully saturated rings. The number of hydrogen-bond acceptors (Lipinski definition) is 3. The number of anilines is 1. The zero-order chi connectivity index (χ0) is 17.1. The summed E-state index contributed by atoms with van der Waals surface area (Å²) in [6, 6.07) is 15.3. The largest absolute Gasteiger partial charge is 0.494 e. The second kappa shape index (κ2) is 6.84. The van der Waals surface area contributed by atoms with Crippen molar-refractivity contribution in [1.29, 1.82) is 0 Å². The molecular formula is C19H18N2O2S. The molecule has 0 aromatic heterocycles. The number of nitrogens with one attached hydrogen (secondary N) is 1. The highest BCUT2D eigenvalue weighted by Gasteiger charge is 2.31. The monoisotopic (exact) mass is 338 g/mol. The molecule has 0 radical (unpaired) electrons. The molecule has 1 saturated heterocycles. The van der Waals surface area contributed by atoms with Gasteiger partial charge in [0.2, 0.25) is 0 Å². The number of hydrogen-bond donors (Lipinski definition) is 1. The van der Waals surface area contributed by atoms with Crippen molar-refractivity contribution in [2.45, 2.75) is 13.8 Å². The van der Waals surface area contributed by atoms with Crippen LogP contribution in [0.25, 0.3) is 6.08 Å². The van der Waals surface area contributed by atoms with E-state index in [9.17, 15) is 4.79 Å². The van der Waals surface area contributed by atoms with E-state index in [1.807, 2.05) is 68.5 Å². The molecule has 0 spiro atoms. The maximum absolute atomic E-state index is 12.7. The Labute approximate surface area is 146 Å². The summed E-state index contributed by atoms with van der Waals surface area (Å²) >= 11 is 5.32. The molecule has 5 heteroatoms. The van der Waals surface area contributed by atoms with Crippen LogP contribution in [0.1, 0.15) is 18.1 Å². The van der Waals surface area contributed by atoms with Crippen LogP contribution >= 0.6 is 12.2 Å². The third-order valence-electron chi connectivity index (χ3n) is 3.64. The molecule has 24 heavy (non-hydrogen) atoms. The second-order valence-corrected chi connectivity index (χ2v) is 5.86. The fraction of sp³-hybridized carbons (Fsp3) is 0.158. The zero-order valence-corrected chi connectivity index (χ0v) is 14.4. The van der Waals surface area contributed by atoms with Gasteiger partial charge in [0.1, 0.15) is 11.4 Å². The van der Waals surface area contributed by atoms with Gasteiger partial charge in [-0.15, -0.1) is 0 Å². The van der Waals surface area contributed by atoms with Gasteiger partial charge < -0.3 is 10.1 Å². The smallest absolute Gasteiger partial charge is 0.281 e. The topological polar surface area (TPSA) is 41.6 Å². The lowest BCUT2D eigenvalue weighted by molar-refractivity contribution is -0.113. The van der Waals surface area contributed by atoms with Crippen LogP contribution in [0.3, 0.4) is 0 Å². The first kappa shape index (κ1) is 16.2. The van der Waals surface area contributed by atoms with E-state index in [1.54, 1.807) is 0 Å². The van der Waals surface area contributed by atoms with Gasteiger partial charge >= 0.3 is 0 Å². The van der Waals surface area contributed by atoms with E-state index < -0.39 is 0 Å². The van der Waals surface area contributed by atoms with Crippen molar-refractivity contribution in [3.63, 3.8) is 0 Å². The van der Waals surface area contributed by atoms with Gasteiger partial charge in [-0.25, -0.2) is 0 Å². The summed E-state index contributed by atoms with van der Waals surface area (Å²) in [5.74, 6) is 0.605. The maximum Gasteiger partial charge on any atom is 0.281 e. The molecule has 0 unspecified atom stereocenters. The minimum Gasteiger partial charge on any atom is -0.494 e. The molecular weight excluding hydrogens is 320 g/mol. The molecule has 3 rings (SSSR count). The van der Waals surface area contributed by atoms with Crippen LogP contribution in [0.5, 0.6) is 5.75 Å². The van der Waals surface area contributed by atoms with Crippen molar-refractivity contribution < 1.29 is 9.53 Å². The summed E-state index contributed by atoms with van der Waals surface area (Å²) in [6.07, 6.45) is 1.82. The lowest BCUT2D eigenvalue weighted by atomic mass is 10.1. The summed E-state index contributed by atoms with van der Waals surface area (Å²) in [5.41, 5.74) is 3.29. The molecule has 1 aliphatic rings. The molecule has 0 saturated carbocycles. The molecule has 2 aromatic carbocycles. The first-order valence-corrected chi connectivity index (χ1v) is 8.16. The van der Waals surface area contributed by atoms with E-state index in [4.69, 9.17) is 17.0 Å². The van der Waals surface area contributed by atoms with Crippen molar-refractivity contribution in [1.82, 2.24) is 5.32 Å². The van der Waals surface area contributed by atoms with E-state index in [2.05, 4.69) is 5.32 Å². The Morgan fingerprint density at radius 1 is 1.21 bits per heavy atom. The Bertz CT molecular complexity index is 812. The lowest BCUT2D eigenvalue weighted by Crippen LogP contribution is -2.30. The van der Waals surface area contributed by atoms with Crippen molar-refractivity contribution in [3.8, 4) is 5.75 Å². The minimum atomic E-state index is -0.161. The van der Waals surface area contributed by atoms with E-state index >= 15 is 0 Å². The fourth-order valence-electron chi connectivity index (χ4n) is 2.55. The van der Waals surface area contributed by atoms with Gasteiger partial charge in [-0.3, -0.25) is 9.69 Å². The van der Waals surface area contributed by atoms with Gasteiger partial charge in [-0.05, 0) is 62.0 Å². The van der Waals surface area contributed by atoms with Crippen molar-refractivity contribution in [3.05, 3.63) is 65.4 Å². The minimum absolute atomic E-state index is 0.161. The number of ether oxygens (including phenoxy) is 1. The molecule has 1 N–H and O–H groups in total. The van der Waals surface area contributed by atoms with Gasteiger partial charge in [0.25, 0.3) is 5.91 Å². The molecule has 1 heterocycles. The molecule has 1 amide bonds. The van der Waals surface area contributed by atoms with Crippen LogP contribution < -0.4 is 15.0 Å². The van der Waals surface area contributed by atoms with Gasteiger partial charge in [-0.2, -0.15) is 0 Å². The summed E-state index contributed by atoms with van der Waals surface area (Å²) in [5, 5.41) is 3.38. The van der Waals surface area contributed by atoms with E-state index in [0.29, 0.717) is 23.1 Å². The average molecular weight is 338 g/mol. The maximum atomic E-state index is 12.7. The molecule has 2 aromatic rings. The van der Waals surface area contributed by atoms with Gasteiger partial charge in [-0.1, -0.05) is 29.8 Å². The predicted octanol–water partition coefficient (Wildman–Crippen LogP) is 3.66. The Morgan fingerprint density at radius 3 is 2.62 bits per heavy atom. The Balaban J connectivity index is 1.86. The molecule has 0 aliphatic carbocycles. The van der Waals surface area contributed by atoms with Crippen molar-refractivity contribution in [2.75, 3.05) is 11.5 Å². The van der Waals surface area contributed by atoms with Crippen molar-refractivity contribution in [2.24, 2.45) is 0 Å². The summed E-state index contributed by atoms with van der Waals surface area (Å²) in [6.45, 7) is 4.55. The van der Waals surface area contributed by atoms with Crippen LogP contribution in [0.15, 0.2) is 54.2 Å². The van der Waals surface area contributed by atoms with E-state index in [1.165, 1.54) is 4.90 Å². The van der Waals surface area contributed by atoms with Crippen molar-refractivity contribution >= 4 is 35.0 Å². The Kier molecular flexibility index (Phi) is 4.62. The number of benzene rings is 2. The van der Waals surface area contributed by atoms with Crippen LogP contribution in [0.2, 0.25) is 0 Å². The molecule has 1 aliphatic heterocycles. The van der Waals surface area contributed by atoms with Gasteiger partial charge in [0.15, 0.2) is 5.11 Å². The number of nitrogens with zero attached hydrogens (tertiary/aromatic N) is 1. The fourth-order valence-corrected chi connectivity index (χ4v) is 2.85. The third-order valence-corrected chi connectivity index (χ3v) is 3.92. The molecule has 4 nitrogen and oxygen atoms in total. The van der Waals surface area contributed by atoms with E-state index in [-0.39, 0.29) is 5.91 Å². The Morgan fingerprint density at radius 2 is 1.96 bits per heavy atom. The number of carbonyl (C=O) groups excluding carboxylic acids is 1. The summed E-state index contributed by atoms with van der Waals surface area (Å²) < 4.78 is 5.43. The number of carbonyl (C=O) groups is 1. The van der Waals surface area contributed by atoms with Crippen LogP contribution in [0.4, 0.5) is 5.69 Å². The standard InChI is InChI=1S/C19H18N2O2S/c1-3-23-16-9-7-15(8-10-16)21-18(22)17(20-19(21)24)12-14-6-4-5-13(2)11-14/h4-12H,3H2,1-2H3,(H,20,24)/b17-12+. The molecule has 0 bridgehead atoms. The highest BCUT2D eigenvalue weighted by atomic mass is 32.1. The van der Waals surface area contributed by atoms with Crippen LogP contribution in [0, 0.1) is 6.92 Å². The van der Waals surface area contributed by atoms with Gasteiger partial charge in [0, 0.05) is 0 Å². The normalized spacial score (nSPS) is 15.8. The SMILES string of the molecule is CCOc1ccc(N2C(=O)/C(=C\c3cccc(C)c3)NC2=S)cc1. The Hall–Kier alpha value is -2.66. The number of rotatable bonds is 4. The van der Waals surface area contributed by atoms with E-state index in [0.717, 1.165) is 16.9 Å². The van der Waals surface area contributed by atoms with Crippen LogP contribution in [-0.4, -0.2) is 17.6 Å². The highest BCUT2D eigenvalue weighted by molar-refractivity contribution is 7.80. The zero-order valence-electron chi connectivity index (χ0n) is 13.6. The first-order valence-electron chi connectivity index (χ1n) is 7.75. The number of amides is 1. The number of thiocarbonyl (C=S) groups is 1. The number of aryl methyl sites for hydroxylation is 1. The predicted molar refractivity (Wildman–Crippen MR) is 100.0 cm³/mol. The quantitative estimate of drug-likeness (QED) is 0.682. The van der Waals surface area contributed by atoms with Gasteiger partial charge in [0.05, 0.1) is 12.3 Å². The molecule has 122 valence electrons. The lowest BCUT2D eigenvalue weighted by Gasteiger charge is -2.14. The highest BCUT2D eigenvalue weighted by Crippen LogP contribution is 2.25. The summed E-state index contributed by atoms with van der Waals surface area (Å²) in [4.78, 5) is 14.2. The third kappa shape index (κ3) is 3.31. The molecule has 0 atom stereocenters. The average Bonchev–Trinajstić information content (AvgIpc) is 2.83. The first-order chi connectivity index (χ1) is 11.6. The second-order valence-electron chi connectivity index (χ2n) is 5.47. The van der Waals surface area contributed by atoms with Crippen LogP contribution in [-0.2, 0) is 4.79 Å². The summed E-state index contributed by atoms with van der Waals surface area (Å²) in [7, 11) is 0.